The van der Waals surface area contributed by atoms with Crippen molar-refractivity contribution in [2.24, 2.45) is 5.92 Å². The van der Waals surface area contributed by atoms with E-state index in [2.05, 4.69) is 20.9 Å². The second-order valence-corrected chi connectivity index (χ2v) is 7.67. The van der Waals surface area contributed by atoms with Crippen LogP contribution in [-0.4, -0.2) is 41.3 Å². The van der Waals surface area contributed by atoms with E-state index in [1.807, 2.05) is 26.8 Å². The molecule has 7 heteroatoms. The Morgan fingerprint density at radius 1 is 1.43 bits per heavy atom. The first-order valence-corrected chi connectivity index (χ1v) is 8.55. The monoisotopic (exact) mass is 385 g/mol. The molecule has 6 nitrogen and oxygen atoms in total. The number of halogens is 1. The van der Waals surface area contributed by atoms with Crippen LogP contribution in [0.1, 0.15) is 33.6 Å². The third kappa shape index (κ3) is 5.57. The number of nitrogen functional groups attached to an aromatic ring is 1. The molecule has 1 aromatic heterocycles. The highest BCUT2D eigenvalue weighted by Gasteiger charge is 2.27. The molecule has 2 heterocycles. The van der Waals surface area contributed by atoms with E-state index in [-0.39, 0.29) is 6.09 Å². The number of nitrogens with zero attached hydrogens (tertiary/aromatic N) is 2. The molecule has 0 aliphatic carbocycles. The first kappa shape index (κ1) is 17.8. The van der Waals surface area contributed by atoms with Crippen molar-refractivity contribution in [1.29, 1.82) is 0 Å². The lowest BCUT2D eigenvalue weighted by Gasteiger charge is -2.33. The Balaban J connectivity index is 1.79. The molecule has 0 atom stereocenters. The lowest BCUT2D eigenvalue weighted by Crippen LogP contribution is -2.42. The highest BCUT2D eigenvalue weighted by molar-refractivity contribution is 9.10. The topological polar surface area (TPSA) is 77.7 Å². The summed E-state index contributed by atoms with van der Waals surface area (Å²) in [5, 5.41) is 0. The van der Waals surface area contributed by atoms with Crippen LogP contribution in [0.5, 0.6) is 5.75 Å². The molecule has 1 amide bonds. The minimum atomic E-state index is -0.456. The van der Waals surface area contributed by atoms with Crippen molar-refractivity contribution < 1.29 is 14.3 Å². The normalized spacial score (nSPS) is 16.3. The average molecular weight is 386 g/mol. The van der Waals surface area contributed by atoms with E-state index in [0.29, 0.717) is 37.2 Å². The van der Waals surface area contributed by atoms with Gasteiger partial charge >= 0.3 is 6.09 Å². The third-order valence-electron chi connectivity index (χ3n) is 3.59. The van der Waals surface area contributed by atoms with Gasteiger partial charge in [-0.3, -0.25) is 0 Å². The number of aromatic nitrogens is 1. The van der Waals surface area contributed by atoms with Gasteiger partial charge in [-0.1, -0.05) is 0 Å². The number of hydrogen-bond acceptors (Lipinski definition) is 5. The smallest absolute Gasteiger partial charge is 0.410 e. The number of nitrogens with two attached hydrogens (primary N) is 1. The molecule has 1 aliphatic rings. The summed E-state index contributed by atoms with van der Waals surface area (Å²) in [7, 11) is 0. The molecule has 0 spiro atoms. The minimum Gasteiger partial charge on any atom is -0.489 e. The van der Waals surface area contributed by atoms with E-state index in [1.54, 1.807) is 11.1 Å². The van der Waals surface area contributed by atoms with Crippen LogP contribution in [0, 0.1) is 5.92 Å². The third-order valence-corrected chi connectivity index (χ3v) is 4.02. The lowest BCUT2D eigenvalue weighted by molar-refractivity contribution is 0.0165. The molecule has 0 bridgehead atoms. The molecule has 1 fully saturated rings. The summed E-state index contributed by atoms with van der Waals surface area (Å²) in [6.07, 6.45) is 3.18. The Morgan fingerprint density at radius 2 is 2.09 bits per heavy atom. The maximum absolute atomic E-state index is 12.0. The van der Waals surface area contributed by atoms with E-state index < -0.39 is 5.60 Å². The molecule has 0 saturated carbocycles. The highest BCUT2D eigenvalue weighted by Crippen LogP contribution is 2.25. The van der Waals surface area contributed by atoms with Crippen molar-refractivity contribution in [3.8, 4) is 5.75 Å². The predicted molar refractivity (Wildman–Crippen MR) is 92.4 cm³/mol. The van der Waals surface area contributed by atoms with Crippen LogP contribution in [0.15, 0.2) is 16.7 Å². The van der Waals surface area contributed by atoms with Crippen LogP contribution in [0.3, 0.4) is 0 Å². The summed E-state index contributed by atoms with van der Waals surface area (Å²) in [6.45, 7) is 7.58. The molecule has 1 saturated heterocycles. The van der Waals surface area contributed by atoms with Crippen molar-refractivity contribution >= 4 is 27.8 Å². The Morgan fingerprint density at radius 3 is 2.70 bits per heavy atom. The Bertz CT molecular complexity index is 552. The number of rotatable bonds is 3. The van der Waals surface area contributed by atoms with E-state index >= 15 is 0 Å². The van der Waals surface area contributed by atoms with Crippen LogP contribution >= 0.6 is 15.9 Å². The molecular weight excluding hydrogens is 362 g/mol. The van der Waals surface area contributed by atoms with Crippen LogP contribution < -0.4 is 10.5 Å². The van der Waals surface area contributed by atoms with Gasteiger partial charge in [-0.15, -0.1) is 0 Å². The fourth-order valence-corrected chi connectivity index (χ4v) is 2.67. The van der Waals surface area contributed by atoms with Gasteiger partial charge in [-0.05, 0) is 61.5 Å². The molecule has 0 radical (unpaired) electrons. The van der Waals surface area contributed by atoms with E-state index in [0.717, 1.165) is 17.3 Å². The van der Waals surface area contributed by atoms with Gasteiger partial charge in [-0.2, -0.15) is 0 Å². The number of hydrogen-bond donors (Lipinski definition) is 1. The van der Waals surface area contributed by atoms with Gasteiger partial charge in [0.15, 0.2) is 11.6 Å². The maximum atomic E-state index is 12.0. The number of carbonyl (C=O) groups excluding carboxylic acids is 1. The molecule has 1 aromatic rings. The summed E-state index contributed by atoms with van der Waals surface area (Å²) in [4.78, 5) is 17.8. The number of piperidine rings is 1. The Labute approximate surface area is 145 Å². The largest absolute Gasteiger partial charge is 0.489 e. The summed E-state index contributed by atoms with van der Waals surface area (Å²) >= 11 is 3.35. The van der Waals surface area contributed by atoms with Crippen molar-refractivity contribution in [2.45, 2.75) is 39.2 Å². The zero-order chi connectivity index (χ0) is 17.0. The van der Waals surface area contributed by atoms with Gasteiger partial charge in [0.1, 0.15) is 5.60 Å². The number of anilines is 1. The fraction of sp³-hybridized carbons (Fsp3) is 0.625. The Hall–Kier alpha value is -1.50. The van der Waals surface area contributed by atoms with Crippen LogP contribution in [-0.2, 0) is 4.74 Å². The van der Waals surface area contributed by atoms with Gasteiger partial charge < -0.3 is 20.1 Å². The average Bonchev–Trinajstić information content (AvgIpc) is 2.47. The van der Waals surface area contributed by atoms with Gasteiger partial charge in [0.2, 0.25) is 0 Å². The number of amides is 1. The van der Waals surface area contributed by atoms with E-state index in [1.165, 1.54) is 0 Å². The predicted octanol–water partition coefficient (Wildman–Crippen LogP) is 3.45. The lowest BCUT2D eigenvalue weighted by atomic mass is 9.98. The number of ether oxygens (including phenoxy) is 2. The highest BCUT2D eigenvalue weighted by atomic mass is 79.9. The molecule has 1 aliphatic heterocycles. The summed E-state index contributed by atoms with van der Waals surface area (Å²) in [6, 6.07) is 1.82. The first-order chi connectivity index (χ1) is 10.7. The van der Waals surface area contributed by atoms with Crippen molar-refractivity contribution in [3.05, 3.63) is 16.7 Å². The zero-order valence-corrected chi connectivity index (χ0v) is 15.4. The second kappa shape index (κ2) is 7.38. The van der Waals surface area contributed by atoms with Crippen LogP contribution in [0.25, 0.3) is 0 Å². The molecular formula is C16H24BrN3O3. The molecule has 128 valence electrons. The molecule has 2 rings (SSSR count). The summed E-state index contributed by atoms with van der Waals surface area (Å²) in [5.41, 5.74) is 5.34. The molecule has 0 aromatic carbocycles. The molecule has 0 unspecified atom stereocenters. The van der Waals surface area contributed by atoms with Gasteiger partial charge in [0.25, 0.3) is 0 Å². The van der Waals surface area contributed by atoms with Gasteiger partial charge in [0, 0.05) is 23.8 Å². The summed E-state index contributed by atoms with van der Waals surface area (Å²) < 4.78 is 12.0. The van der Waals surface area contributed by atoms with Crippen LogP contribution in [0.4, 0.5) is 10.6 Å². The number of likely N-dealkylation sites (tertiary alicyclic amines) is 1. The standard InChI is InChI=1S/C16H24BrN3O3/c1-16(2,3)23-15(21)20-6-4-11(5-7-20)10-22-13-8-12(17)9-19-14(13)18/h8-9,11H,4-7,10H2,1-3H3,(H2,18,19). The quantitative estimate of drug-likeness (QED) is 0.861. The molecule has 23 heavy (non-hydrogen) atoms. The van der Waals surface area contributed by atoms with Crippen molar-refractivity contribution in [2.75, 3.05) is 25.4 Å². The Kier molecular flexibility index (Phi) is 5.73. The fourth-order valence-electron chi connectivity index (χ4n) is 2.36. The molecule has 2 N–H and O–H groups in total. The summed E-state index contributed by atoms with van der Waals surface area (Å²) in [5.74, 6) is 1.38. The number of carbonyl (C=O) groups is 1. The maximum Gasteiger partial charge on any atom is 0.410 e. The van der Waals surface area contributed by atoms with Gasteiger partial charge in [0.05, 0.1) is 6.61 Å². The van der Waals surface area contributed by atoms with Crippen molar-refractivity contribution in [1.82, 2.24) is 9.88 Å². The van der Waals surface area contributed by atoms with E-state index in [9.17, 15) is 4.79 Å². The van der Waals surface area contributed by atoms with Gasteiger partial charge in [-0.25, -0.2) is 9.78 Å². The van der Waals surface area contributed by atoms with E-state index in [4.69, 9.17) is 15.2 Å². The zero-order valence-electron chi connectivity index (χ0n) is 13.8. The SMILES string of the molecule is CC(C)(C)OC(=O)N1CCC(COc2cc(Br)cnc2N)CC1. The van der Waals surface area contributed by atoms with Crippen molar-refractivity contribution in [3.63, 3.8) is 0 Å². The second-order valence-electron chi connectivity index (χ2n) is 6.76. The first-order valence-electron chi connectivity index (χ1n) is 7.76. The van der Waals surface area contributed by atoms with Crippen LogP contribution in [0.2, 0.25) is 0 Å². The number of pyridine rings is 1. The minimum absolute atomic E-state index is 0.239.